The first-order valence-electron chi connectivity index (χ1n) is 22.6. The normalized spacial score (nSPS) is 25.4. The summed E-state index contributed by atoms with van der Waals surface area (Å²) in [5.41, 5.74) is 5.83. The Morgan fingerprint density at radius 1 is 0.364 bits per heavy atom. The smallest absolute Gasteiger partial charge is 0.187 e. The van der Waals surface area contributed by atoms with Gasteiger partial charge in [0.2, 0.25) is 0 Å². The van der Waals surface area contributed by atoms with Crippen LogP contribution in [0.3, 0.4) is 0 Å². The fourth-order valence-corrected chi connectivity index (χ4v) is 8.29. The Morgan fingerprint density at radius 2 is 0.682 bits per heavy atom. The minimum Gasteiger partial charge on any atom is -0.394 e. The minimum atomic E-state index is -1.12. The maximum Gasteiger partial charge on any atom is 0.187 e. The molecule has 0 amide bonds. The van der Waals surface area contributed by atoms with Crippen molar-refractivity contribution in [1.82, 2.24) is 0 Å². The summed E-state index contributed by atoms with van der Waals surface area (Å²) in [5.74, 6) is 0. The number of hydrogen-bond acceptors (Lipinski definition) is 11. The predicted molar refractivity (Wildman–Crippen MR) is 247 cm³/mol. The van der Waals surface area contributed by atoms with Crippen molar-refractivity contribution in [3.05, 3.63) is 215 Å². The molecule has 0 aliphatic carbocycles. The Morgan fingerprint density at radius 3 is 1.06 bits per heavy atom. The lowest BCUT2D eigenvalue weighted by molar-refractivity contribution is -0.375. The standard InChI is InChI=1S/C55H60O11/c1-57-54-52(62-37-44-28-16-6-17-29-44)51(61-36-43-26-14-5-15-27-43)49(46(32-56)64-54)66-55-53(63-38-45-30-18-7-19-31-45)50(60-35-42-24-12-4-13-25-42)48(59-34-41-22-10-3-11-23-41)47(65-55)39-58-33-40-20-8-2-9-21-40/h2-31,46-56H,32-39H2,1H3/t46-,47-,48-,49+,50+,51+,52-,53+,54+,55+/m1/s1. The van der Waals surface area contributed by atoms with E-state index in [0.717, 1.165) is 33.4 Å². The number of benzene rings is 6. The Balaban J connectivity index is 1.17. The summed E-state index contributed by atoms with van der Waals surface area (Å²) in [6.07, 6.45) is -8.55. The first kappa shape index (κ1) is 47.4. The molecule has 66 heavy (non-hydrogen) atoms. The molecule has 2 saturated heterocycles. The number of methoxy groups -OCH3 is 1. The number of aliphatic hydroxyl groups is 1. The van der Waals surface area contributed by atoms with Crippen LogP contribution in [0.25, 0.3) is 0 Å². The summed E-state index contributed by atoms with van der Waals surface area (Å²) >= 11 is 0. The zero-order valence-corrected chi connectivity index (χ0v) is 37.3. The van der Waals surface area contributed by atoms with E-state index < -0.39 is 68.0 Å². The zero-order valence-electron chi connectivity index (χ0n) is 37.3. The second kappa shape index (κ2) is 25.1. The van der Waals surface area contributed by atoms with Crippen LogP contribution >= 0.6 is 0 Å². The molecule has 10 atom stereocenters. The van der Waals surface area contributed by atoms with Crippen molar-refractivity contribution in [2.45, 2.75) is 101 Å². The maximum atomic E-state index is 11.1. The molecule has 2 heterocycles. The molecule has 11 nitrogen and oxygen atoms in total. The van der Waals surface area contributed by atoms with Crippen molar-refractivity contribution in [2.24, 2.45) is 0 Å². The lowest BCUT2D eigenvalue weighted by Gasteiger charge is -2.50. The fourth-order valence-electron chi connectivity index (χ4n) is 8.29. The van der Waals surface area contributed by atoms with Crippen molar-refractivity contribution >= 4 is 0 Å². The molecule has 0 unspecified atom stereocenters. The summed E-state index contributed by atoms with van der Waals surface area (Å²) in [4.78, 5) is 0. The molecule has 8 rings (SSSR count). The minimum absolute atomic E-state index is 0.137. The monoisotopic (exact) mass is 896 g/mol. The van der Waals surface area contributed by atoms with E-state index in [1.54, 1.807) is 7.11 Å². The van der Waals surface area contributed by atoms with Crippen molar-refractivity contribution in [2.75, 3.05) is 20.3 Å². The third kappa shape index (κ3) is 13.3. The van der Waals surface area contributed by atoms with Gasteiger partial charge in [0.15, 0.2) is 12.6 Å². The number of aliphatic hydroxyl groups excluding tert-OH is 1. The largest absolute Gasteiger partial charge is 0.394 e. The van der Waals surface area contributed by atoms with Crippen molar-refractivity contribution < 1.29 is 52.5 Å². The predicted octanol–water partition coefficient (Wildman–Crippen LogP) is 8.60. The van der Waals surface area contributed by atoms with E-state index in [1.165, 1.54) is 0 Å². The molecule has 1 N–H and O–H groups in total. The van der Waals surface area contributed by atoms with Gasteiger partial charge in [-0.3, -0.25) is 0 Å². The van der Waals surface area contributed by atoms with Gasteiger partial charge in [-0.25, -0.2) is 0 Å². The van der Waals surface area contributed by atoms with Gasteiger partial charge in [-0.2, -0.15) is 0 Å². The van der Waals surface area contributed by atoms with Crippen LogP contribution < -0.4 is 0 Å². The average Bonchev–Trinajstić information content (AvgIpc) is 3.38. The molecular weight excluding hydrogens is 837 g/mol. The van der Waals surface area contributed by atoms with Crippen LogP contribution in [0, 0.1) is 0 Å². The summed E-state index contributed by atoms with van der Waals surface area (Å²) < 4.78 is 67.5. The van der Waals surface area contributed by atoms with E-state index in [0.29, 0.717) is 6.61 Å². The van der Waals surface area contributed by atoms with Crippen LogP contribution in [0.1, 0.15) is 33.4 Å². The van der Waals surface area contributed by atoms with E-state index >= 15 is 0 Å². The second-order valence-corrected chi connectivity index (χ2v) is 16.4. The lowest BCUT2D eigenvalue weighted by atomic mass is 9.95. The molecule has 346 valence electrons. The van der Waals surface area contributed by atoms with Gasteiger partial charge in [0.05, 0.1) is 52.9 Å². The van der Waals surface area contributed by atoms with E-state index in [-0.39, 0.29) is 39.6 Å². The van der Waals surface area contributed by atoms with Gasteiger partial charge >= 0.3 is 0 Å². The maximum absolute atomic E-state index is 11.1. The molecule has 2 aliphatic rings. The van der Waals surface area contributed by atoms with Crippen LogP contribution in [-0.4, -0.2) is 86.8 Å². The first-order valence-corrected chi connectivity index (χ1v) is 22.6. The van der Waals surface area contributed by atoms with E-state index in [9.17, 15) is 5.11 Å². The van der Waals surface area contributed by atoms with Crippen molar-refractivity contribution in [1.29, 1.82) is 0 Å². The lowest BCUT2D eigenvalue weighted by Crippen LogP contribution is -2.66. The zero-order chi connectivity index (χ0) is 45.2. The molecule has 6 aromatic carbocycles. The highest BCUT2D eigenvalue weighted by atomic mass is 16.8. The van der Waals surface area contributed by atoms with Gasteiger partial charge in [0.25, 0.3) is 0 Å². The van der Waals surface area contributed by atoms with E-state index in [1.807, 2.05) is 182 Å². The highest BCUT2D eigenvalue weighted by molar-refractivity contribution is 5.18. The Kier molecular flexibility index (Phi) is 18.0. The van der Waals surface area contributed by atoms with Gasteiger partial charge in [0, 0.05) is 7.11 Å². The average molecular weight is 897 g/mol. The molecule has 2 fully saturated rings. The third-order valence-electron chi connectivity index (χ3n) is 11.7. The summed E-state index contributed by atoms with van der Waals surface area (Å²) in [5, 5.41) is 11.1. The Labute approximate surface area is 388 Å². The van der Waals surface area contributed by atoms with Gasteiger partial charge in [-0.1, -0.05) is 182 Å². The van der Waals surface area contributed by atoms with Crippen molar-refractivity contribution in [3.8, 4) is 0 Å². The van der Waals surface area contributed by atoms with Gasteiger partial charge in [-0.05, 0) is 33.4 Å². The number of ether oxygens (including phenoxy) is 10. The molecule has 0 bridgehead atoms. The molecule has 11 heteroatoms. The molecular formula is C55H60O11. The van der Waals surface area contributed by atoms with Crippen LogP contribution in [0.4, 0.5) is 0 Å². The second-order valence-electron chi connectivity index (χ2n) is 16.4. The quantitative estimate of drug-likeness (QED) is 0.0668. The van der Waals surface area contributed by atoms with E-state index in [2.05, 4.69) is 0 Å². The molecule has 0 saturated carbocycles. The Hall–Kier alpha value is -5.12. The first-order chi connectivity index (χ1) is 32.6. The summed E-state index contributed by atoms with van der Waals surface area (Å²) in [7, 11) is 1.55. The van der Waals surface area contributed by atoms with Crippen LogP contribution in [-0.2, 0) is 87.0 Å². The molecule has 6 aromatic rings. The molecule has 0 spiro atoms. The third-order valence-corrected chi connectivity index (χ3v) is 11.7. The van der Waals surface area contributed by atoms with Gasteiger partial charge in [0.1, 0.15) is 48.8 Å². The van der Waals surface area contributed by atoms with Crippen LogP contribution in [0.2, 0.25) is 0 Å². The summed E-state index contributed by atoms with van der Waals surface area (Å²) in [6.45, 7) is 1.29. The van der Waals surface area contributed by atoms with Crippen molar-refractivity contribution in [3.63, 3.8) is 0 Å². The molecule has 2 aliphatic heterocycles. The molecule has 0 radical (unpaired) electrons. The Bertz CT molecular complexity index is 2220. The fraction of sp³-hybridized carbons (Fsp3) is 0.345. The number of rotatable bonds is 23. The van der Waals surface area contributed by atoms with Crippen LogP contribution in [0.15, 0.2) is 182 Å². The van der Waals surface area contributed by atoms with Crippen LogP contribution in [0.5, 0.6) is 0 Å². The highest BCUT2D eigenvalue weighted by Gasteiger charge is 2.54. The molecule has 0 aromatic heterocycles. The topological polar surface area (TPSA) is 113 Å². The SMILES string of the molecule is CO[C@H]1O[C@H](CO)[C@H](O[C@@H]2O[C@H](COCc3ccccc3)[C@@H](OCc3ccccc3)[C@H](OCc3ccccc3)[C@@H]2OCc2ccccc2)[C@H](OCc2ccccc2)[C@H]1OCc1ccccc1. The number of hydrogen-bond donors (Lipinski definition) is 1. The summed E-state index contributed by atoms with van der Waals surface area (Å²) in [6, 6.07) is 59.7. The van der Waals surface area contributed by atoms with Gasteiger partial charge < -0.3 is 52.5 Å². The van der Waals surface area contributed by atoms with E-state index in [4.69, 9.17) is 47.4 Å². The highest BCUT2D eigenvalue weighted by Crippen LogP contribution is 2.36. The van der Waals surface area contributed by atoms with Gasteiger partial charge in [-0.15, -0.1) is 0 Å².